The van der Waals surface area contributed by atoms with Crippen LogP contribution in [0.3, 0.4) is 0 Å². The summed E-state index contributed by atoms with van der Waals surface area (Å²) in [6, 6.07) is 5.59. The first-order valence-corrected chi connectivity index (χ1v) is 10.2. The van der Waals surface area contributed by atoms with Gasteiger partial charge in [0.2, 0.25) is 11.8 Å². The zero-order chi connectivity index (χ0) is 20.5. The minimum absolute atomic E-state index is 0.123. The van der Waals surface area contributed by atoms with Gasteiger partial charge in [-0.3, -0.25) is 24.6 Å². The number of nitrogens with one attached hydrogen (secondary N) is 1. The number of benzene rings is 1. The van der Waals surface area contributed by atoms with E-state index in [2.05, 4.69) is 10.2 Å². The Morgan fingerprint density at radius 1 is 1.28 bits per heavy atom. The highest BCUT2D eigenvalue weighted by atomic mass is 16.5. The van der Waals surface area contributed by atoms with Crippen molar-refractivity contribution in [1.82, 2.24) is 15.1 Å². The number of ether oxygens (including phenoxy) is 1. The molecule has 1 aromatic carbocycles. The first-order valence-electron chi connectivity index (χ1n) is 10.2. The van der Waals surface area contributed by atoms with Crippen molar-refractivity contribution >= 4 is 17.7 Å². The molecular formula is C21H28N4O4. The molecule has 0 spiro atoms. The topological polar surface area (TPSA) is 105 Å². The number of likely N-dealkylation sites (tertiary alicyclic amines) is 1. The van der Waals surface area contributed by atoms with Gasteiger partial charge in [-0.15, -0.1) is 0 Å². The van der Waals surface area contributed by atoms with Gasteiger partial charge in [-0.05, 0) is 29.9 Å². The van der Waals surface area contributed by atoms with E-state index in [9.17, 15) is 14.4 Å². The first kappa shape index (κ1) is 20.0. The number of nitrogens with zero attached hydrogens (tertiary/aromatic N) is 2. The number of nitrogens with two attached hydrogens (primary N) is 1. The van der Waals surface area contributed by atoms with Gasteiger partial charge in [0, 0.05) is 51.3 Å². The van der Waals surface area contributed by atoms with Crippen LogP contribution >= 0.6 is 0 Å². The van der Waals surface area contributed by atoms with Crippen molar-refractivity contribution in [2.24, 2.45) is 11.7 Å². The van der Waals surface area contributed by atoms with Crippen LogP contribution in [0.1, 0.15) is 40.7 Å². The quantitative estimate of drug-likeness (QED) is 0.663. The van der Waals surface area contributed by atoms with E-state index in [4.69, 9.17) is 10.5 Å². The highest BCUT2D eigenvalue weighted by Crippen LogP contribution is 2.32. The van der Waals surface area contributed by atoms with Crippen LogP contribution in [-0.2, 0) is 27.4 Å². The third kappa shape index (κ3) is 3.80. The number of hydrogen-bond donors (Lipinski definition) is 2. The molecule has 0 saturated carbocycles. The van der Waals surface area contributed by atoms with Crippen LogP contribution in [0.4, 0.5) is 0 Å². The van der Waals surface area contributed by atoms with E-state index in [-0.39, 0.29) is 30.2 Å². The first-order chi connectivity index (χ1) is 14.0. The number of imide groups is 1. The number of rotatable bonds is 6. The van der Waals surface area contributed by atoms with Crippen molar-refractivity contribution in [3.8, 4) is 0 Å². The number of methoxy groups -OCH3 is 1. The van der Waals surface area contributed by atoms with E-state index in [0.29, 0.717) is 44.1 Å². The molecule has 0 aliphatic carbocycles. The van der Waals surface area contributed by atoms with Gasteiger partial charge in [-0.25, -0.2) is 0 Å². The molecule has 1 unspecified atom stereocenters. The van der Waals surface area contributed by atoms with Crippen LogP contribution in [0.2, 0.25) is 0 Å². The Kier molecular flexibility index (Phi) is 5.67. The molecule has 156 valence electrons. The van der Waals surface area contributed by atoms with Crippen molar-refractivity contribution in [2.75, 3.05) is 26.8 Å². The van der Waals surface area contributed by atoms with E-state index in [0.717, 1.165) is 24.1 Å². The van der Waals surface area contributed by atoms with Crippen LogP contribution in [-0.4, -0.2) is 66.4 Å². The third-order valence-corrected chi connectivity index (χ3v) is 6.30. The molecule has 3 heterocycles. The lowest BCUT2D eigenvalue weighted by Crippen LogP contribution is -2.52. The van der Waals surface area contributed by atoms with Gasteiger partial charge in [0.05, 0.1) is 6.61 Å². The highest BCUT2D eigenvalue weighted by Gasteiger charge is 2.40. The second-order valence-corrected chi connectivity index (χ2v) is 8.23. The second-order valence-electron chi connectivity index (χ2n) is 8.23. The Hall–Kier alpha value is -2.29. The smallest absolute Gasteiger partial charge is 0.255 e. The lowest BCUT2D eigenvalue weighted by atomic mass is 10.0. The summed E-state index contributed by atoms with van der Waals surface area (Å²) < 4.78 is 5.32. The molecular weight excluding hydrogens is 372 g/mol. The maximum atomic E-state index is 13.2. The monoisotopic (exact) mass is 400 g/mol. The van der Waals surface area contributed by atoms with E-state index < -0.39 is 6.04 Å². The molecule has 1 aromatic rings. The second kappa shape index (κ2) is 8.22. The Balaban J connectivity index is 1.53. The van der Waals surface area contributed by atoms with Gasteiger partial charge in [0.15, 0.2) is 0 Å². The zero-order valence-electron chi connectivity index (χ0n) is 16.7. The van der Waals surface area contributed by atoms with Crippen LogP contribution < -0.4 is 11.1 Å². The fraction of sp³-hybridized carbons (Fsp3) is 0.571. The van der Waals surface area contributed by atoms with Gasteiger partial charge in [-0.2, -0.15) is 0 Å². The Bertz CT molecular complexity index is 827. The van der Waals surface area contributed by atoms with Crippen molar-refractivity contribution < 1.29 is 19.1 Å². The molecule has 3 amide bonds. The van der Waals surface area contributed by atoms with Crippen molar-refractivity contribution in [3.63, 3.8) is 0 Å². The number of fused-ring (bicyclic) bond motifs is 1. The summed E-state index contributed by atoms with van der Waals surface area (Å²) in [5.41, 5.74) is 8.60. The van der Waals surface area contributed by atoms with Crippen molar-refractivity contribution in [3.05, 3.63) is 34.9 Å². The van der Waals surface area contributed by atoms with Crippen molar-refractivity contribution in [1.29, 1.82) is 0 Å². The summed E-state index contributed by atoms with van der Waals surface area (Å²) in [7, 11) is 1.71. The molecule has 3 N–H and O–H groups in total. The predicted molar refractivity (Wildman–Crippen MR) is 106 cm³/mol. The average Bonchev–Trinajstić information content (AvgIpc) is 3.23. The SMILES string of the molecule is COC[C@H]1C[C@@H](CN)N(Cc2cccc3c2C(=O)N(C2CCC(=O)NC2=O)C3)C1. The van der Waals surface area contributed by atoms with Crippen LogP contribution in [0.15, 0.2) is 18.2 Å². The number of amides is 3. The van der Waals surface area contributed by atoms with E-state index in [1.54, 1.807) is 12.0 Å². The maximum absolute atomic E-state index is 13.2. The van der Waals surface area contributed by atoms with E-state index >= 15 is 0 Å². The number of carbonyl (C=O) groups excluding carboxylic acids is 3. The summed E-state index contributed by atoms with van der Waals surface area (Å²) in [5.74, 6) is -0.333. The fourth-order valence-electron chi connectivity index (χ4n) is 4.92. The molecule has 0 aromatic heterocycles. The number of hydrogen-bond acceptors (Lipinski definition) is 6. The lowest BCUT2D eigenvalue weighted by Gasteiger charge is -2.29. The van der Waals surface area contributed by atoms with Crippen LogP contribution in [0.5, 0.6) is 0 Å². The average molecular weight is 400 g/mol. The zero-order valence-corrected chi connectivity index (χ0v) is 16.7. The van der Waals surface area contributed by atoms with Crippen LogP contribution in [0, 0.1) is 5.92 Å². The predicted octanol–water partition coefficient (Wildman–Crippen LogP) is 0.243. The minimum Gasteiger partial charge on any atom is -0.384 e. The Labute approximate surface area is 170 Å². The fourth-order valence-corrected chi connectivity index (χ4v) is 4.92. The molecule has 0 bridgehead atoms. The molecule has 2 saturated heterocycles. The van der Waals surface area contributed by atoms with Gasteiger partial charge < -0.3 is 15.4 Å². The summed E-state index contributed by atoms with van der Waals surface area (Å²) in [5, 5.41) is 2.35. The third-order valence-electron chi connectivity index (χ3n) is 6.30. The molecule has 8 heteroatoms. The largest absolute Gasteiger partial charge is 0.384 e. The molecule has 2 fully saturated rings. The summed E-state index contributed by atoms with van der Waals surface area (Å²) in [4.78, 5) is 40.9. The molecule has 3 atom stereocenters. The normalized spacial score (nSPS) is 27.4. The standard InChI is InChI=1S/C21H28N4O4/c1-29-12-13-7-16(8-22)24(9-13)10-14-3-2-4-15-11-25(21(28)19(14)15)17-5-6-18(26)23-20(17)27/h2-4,13,16-17H,5-12,22H2,1H3,(H,23,26,27)/t13-,16-,17?/m0/s1. The Morgan fingerprint density at radius 3 is 2.83 bits per heavy atom. The highest BCUT2D eigenvalue weighted by molar-refractivity contribution is 6.05. The summed E-state index contributed by atoms with van der Waals surface area (Å²) >= 11 is 0. The number of carbonyl (C=O) groups is 3. The Morgan fingerprint density at radius 2 is 2.10 bits per heavy atom. The molecule has 0 radical (unpaired) electrons. The van der Waals surface area contributed by atoms with Gasteiger partial charge in [0.1, 0.15) is 6.04 Å². The molecule has 29 heavy (non-hydrogen) atoms. The van der Waals surface area contributed by atoms with Gasteiger partial charge >= 0.3 is 0 Å². The maximum Gasteiger partial charge on any atom is 0.255 e. The molecule has 8 nitrogen and oxygen atoms in total. The molecule has 3 aliphatic heterocycles. The lowest BCUT2D eigenvalue weighted by molar-refractivity contribution is -0.136. The van der Waals surface area contributed by atoms with Gasteiger partial charge in [-0.1, -0.05) is 18.2 Å². The van der Waals surface area contributed by atoms with E-state index in [1.807, 2.05) is 18.2 Å². The summed E-state index contributed by atoms with van der Waals surface area (Å²) in [6.45, 7) is 3.24. The van der Waals surface area contributed by atoms with Crippen molar-refractivity contribution in [2.45, 2.75) is 44.4 Å². The van der Waals surface area contributed by atoms with E-state index in [1.165, 1.54) is 0 Å². The van der Waals surface area contributed by atoms with Gasteiger partial charge in [0.25, 0.3) is 5.91 Å². The van der Waals surface area contributed by atoms with Crippen LogP contribution in [0.25, 0.3) is 0 Å². The molecule has 3 aliphatic rings. The number of piperidine rings is 1. The molecule has 4 rings (SSSR count). The summed E-state index contributed by atoms with van der Waals surface area (Å²) in [6.07, 6.45) is 1.63. The minimum atomic E-state index is -0.588.